The summed E-state index contributed by atoms with van der Waals surface area (Å²) in [4.78, 5) is 7.93. The number of para-hydroxylation sites is 1. The van der Waals surface area contributed by atoms with Crippen LogP contribution in [0.1, 0.15) is 23.6 Å². The Hall–Kier alpha value is -2.53. The van der Waals surface area contributed by atoms with E-state index >= 15 is 0 Å². The molecule has 0 aliphatic heterocycles. The summed E-state index contributed by atoms with van der Waals surface area (Å²) in [6, 6.07) is 18.0. The fourth-order valence-corrected chi connectivity index (χ4v) is 2.85. The van der Waals surface area contributed by atoms with Gasteiger partial charge in [-0.15, -0.1) is 24.0 Å². The summed E-state index contributed by atoms with van der Waals surface area (Å²) < 4.78 is 0. The molecule has 2 aromatic carbocycles. The van der Waals surface area contributed by atoms with Gasteiger partial charge in [-0.1, -0.05) is 30.3 Å². The molecule has 0 saturated heterocycles. The highest BCUT2D eigenvalue weighted by molar-refractivity contribution is 14.0. The van der Waals surface area contributed by atoms with Crippen molar-refractivity contribution in [3.63, 3.8) is 0 Å². The molecule has 1 aromatic heterocycles. The molecule has 1 heterocycles. The van der Waals surface area contributed by atoms with E-state index in [1.165, 1.54) is 16.5 Å². The maximum absolute atomic E-state index is 8.86. The van der Waals surface area contributed by atoms with E-state index in [0.717, 1.165) is 31.0 Å². The quantitative estimate of drug-likeness (QED) is 0.288. The third-order valence-corrected chi connectivity index (χ3v) is 4.21. The second-order valence-corrected chi connectivity index (χ2v) is 6.04. The number of aromatic nitrogens is 1. The van der Waals surface area contributed by atoms with E-state index in [-0.39, 0.29) is 24.0 Å². The number of rotatable bonds is 6. The Kier molecular flexibility index (Phi) is 8.14. The van der Waals surface area contributed by atoms with Crippen molar-refractivity contribution in [1.82, 2.24) is 15.6 Å². The van der Waals surface area contributed by atoms with E-state index in [0.29, 0.717) is 12.1 Å². The number of aliphatic imine (C=N–C) groups is 1. The molecule has 0 spiro atoms. The number of guanidine groups is 1. The van der Waals surface area contributed by atoms with Crippen LogP contribution >= 0.6 is 24.0 Å². The van der Waals surface area contributed by atoms with Gasteiger partial charge in [0.2, 0.25) is 0 Å². The lowest BCUT2D eigenvalue weighted by atomic mass is 10.1. The minimum Gasteiger partial charge on any atom is -0.361 e. The van der Waals surface area contributed by atoms with Gasteiger partial charge in [-0.05, 0) is 42.7 Å². The van der Waals surface area contributed by atoms with Gasteiger partial charge in [-0.2, -0.15) is 5.26 Å². The van der Waals surface area contributed by atoms with Gasteiger partial charge in [0.1, 0.15) is 0 Å². The summed E-state index contributed by atoms with van der Waals surface area (Å²) in [5.74, 6) is 0.803. The van der Waals surface area contributed by atoms with Gasteiger partial charge in [-0.25, -0.2) is 4.99 Å². The van der Waals surface area contributed by atoms with Crippen LogP contribution in [0.5, 0.6) is 0 Å². The number of hydrogen-bond donors (Lipinski definition) is 3. The van der Waals surface area contributed by atoms with Crippen LogP contribution in [0.2, 0.25) is 0 Å². The highest BCUT2D eigenvalue weighted by Gasteiger charge is 2.03. The van der Waals surface area contributed by atoms with Crippen LogP contribution in [0.4, 0.5) is 0 Å². The molecule has 0 amide bonds. The Labute approximate surface area is 176 Å². The van der Waals surface area contributed by atoms with Gasteiger partial charge in [0.05, 0.1) is 18.2 Å². The van der Waals surface area contributed by atoms with Gasteiger partial charge >= 0.3 is 0 Å². The van der Waals surface area contributed by atoms with E-state index < -0.39 is 0 Å². The van der Waals surface area contributed by atoms with Gasteiger partial charge in [-0.3, -0.25) is 0 Å². The zero-order valence-electron chi connectivity index (χ0n) is 15.3. The Morgan fingerprint density at radius 1 is 1.11 bits per heavy atom. The molecule has 3 rings (SSSR count). The third-order valence-electron chi connectivity index (χ3n) is 4.21. The van der Waals surface area contributed by atoms with E-state index in [2.05, 4.69) is 58.0 Å². The fraction of sp³-hybridized carbons (Fsp3) is 0.238. The number of H-pyrrole nitrogens is 1. The lowest BCUT2D eigenvalue weighted by Gasteiger charge is -2.11. The van der Waals surface area contributed by atoms with Gasteiger partial charge in [0, 0.05) is 30.2 Å². The van der Waals surface area contributed by atoms with Crippen LogP contribution in [0.3, 0.4) is 0 Å². The first kappa shape index (κ1) is 20.8. The number of nitriles is 1. The molecule has 0 aliphatic rings. The number of benzene rings is 2. The Morgan fingerprint density at radius 3 is 2.63 bits per heavy atom. The van der Waals surface area contributed by atoms with E-state index in [1.807, 2.05) is 30.3 Å². The fourth-order valence-electron chi connectivity index (χ4n) is 2.85. The maximum atomic E-state index is 8.86. The average Bonchev–Trinajstić information content (AvgIpc) is 3.10. The molecule has 0 fully saturated rings. The molecule has 0 atom stereocenters. The second kappa shape index (κ2) is 10.6. The molecular weight excluding hydrogens is 449 g/mol. The van der Waals surface area contributed by atoms with Crippen LogP contribution in [0, 0.1) is 11.3 Å². The number of nitrogens with zero attached hydrogens (tertiary/aromatic N) is 2. The predicted molar refractivity (Wildman–Crippen MR) is 121 cm³/mol. The second-order valence-electron chi connectivity index (χ2n) is 6.04. The highest BCUT2D eigenvalue weighted by atomic mass is 127. The molecule has 140 valence electrons. The zero-order valence-corrected chi connectivity index (χ0v) is 17.7. The molecule has 3 N–H and O–H groups in total. The largest absolute Gasteiger partial charge is 0.361 e. The average molecular weight is 473 g/mol. The zero-order chi connectivity index (χ0) is 18.2. The van der Waals surface area contributed by atoms with Crippen molar-refractivity contribution in [2.24, 2.45) is 4.99 Å². The SMILES string of the molecule is CCNC(=NCc1ccc(C#N)cc1)NCCc1c[nH]c2ccccc12.I. The Morgan fingerprint density at radius 2 is 1.89 bits per heavy atom. The van der Waals surface area contributed by atoms with Crippen molar-refractivity contribution in [2.75, 3.05) is 13.1 Å². The van der Waals surface area contributed by atoms with Gasteiger partial charge in [0.25, 0.3) is 0 Å². The molecule has 0 aliphatic carbocycles. The van der Waals surface area contributed by atoms with Crippen molar-refractivity contribution in [2.45, 2.75) is 19.9 Å². The molecule has 6 heteroatoms. The summed E-state index contributed by atoms with van der Waals surface area (Å²) in [6.45, 7) is 4.25. The van der Waals surface area contributed by atoms with E-state index in [4.69, 9.17) is 5.26 Å². The topological polar surface area (TPSA) is 76.0 Å². The molecular formula is C21H24IN5. The number of halogens is 1. The molecule has 5 nitrogen and oxygen atoms in total. The molecule has 0 unspecified atom stereocenters. The summed E-state index contributed by atoms with van der Waals surface area (Å²) in [7, 11) is 0. The summed E-state index contributed by atoms with van der Waals surface area (Å²) in [6.07, 6.45) is 3.00. The van der Waals surface area contributed by atoms with Crippen LogP contribution in [-0.2, 0) is 13.0 Å². The van der Waals surface area contributed by atoms with E-state index in [9.17, 15) is 0 Å². The molecule has 3 aromatic rings. The van der Waals surface area contributed by atoms with Crippen LogP contribution in [0.25, 0.3) is 10.9 Å². The first-order chi connectivity index (χ1) is 12.8. The smallest absolute Gasteiger partial charge is 0.191 e. The van der Waals surface area contributed by atoms with Crippen molar-refractivity contribution in [3.05, 3.63) is 71.4 Å². The third kappa shape index (κ3) is 5.73. The monoisotopic (exact) mass is 473 g/mol. The number of aromatic amines is 1. The summed E-state index contributed by atoms with van der Waals surface area (Å²) >= 11 is 0. The predicted octanol–water partition coefficient (Wildman–Crippen LogP) is 3.96. The summed E-state index contributed by atoms with van der Waals surface area (Å²) in [5, 5.41) is 16.8. The first-order valence-electron chi connectivity index (χ1n) is 8.86. The maximum Gasteiger partial charge on any atom is 0.191 e. The molecule has 0 bridgehead atoms. The minimum absolute atomic E-state index is 0. The minimum atomic E-state index is 0. The Balaban J connectivity index is 0.00000261. The molecule has 27 heavy (non-hydrogen) atoms. The normalized spacial score (nSPS) is 10.9. The number of hydrogen-bond acceptors (Lipinski definition) is 2. The lowest BCUT2D eigenvalue weighted by Crippen LogP contribution is -2.38. The van der Waals surface area contributed by atoms with Gasteiger partial charge < -0.3 is 15.6 Å². The first-order valence-corrected chi connectivity index (χ1v) is 8.86. The van der Waals surface area contributed by atoms with Crippen molar-refractivity contribution < 1.29 is 0 Å². The summed E-state index contributed by atoms with van der Waals surface area (Å²) in [5.41, 5.74) is 4.22. The van der Waals surface area contributed by atoms with Gasteiger partial charge in [0.15, 0.2) is 5.96 Å². The van der Waals surface area contributed by atoms with Crippen LogP contribution < -0.4 is 10.6 Å². The van der Waals surface area contributed by atoms with Crippen LogP contribution in [0.15, 0.2) is 59.7 Å². The standard InChI is InChI=1S/C21H23N5.HI/c1-2-23-21(26-14-17-9-7-16(13-22)8-10-17)24-12-11-18-15-25-20-6-4-3-5-19(18)20;/h3-10,15,25H,2,11-12,14H2,1H3,(H2,23,24,26);1H. The van der Waals surface area contributed by atoms with Crippen LogP contribution in [-0.4, -0.2) is 24.0 Å². The highest BCUT2D eigenvalue weighted by Crippen LogP contribution is 2.17. The molecule has 0 radical (unpaired) electrons. The van der Waals surface area contributed by atoms with Crippen molar-refractivity contribution in [1.29, 1.82) is 5.26 Å². The number of fused-ring (bicyclic) bond motifs is 1. The van der Waals surface area contributed by atoms with E-state index in [1.54, 1.807) is 0 Å². The molecule has 0 saturated carbocycles. The number of nitrogens with one attached hydrogen (secondary N) is 3. The van der Waals surface area contributed by atoms with Crippen molar-refractivity contribution >= 4 is 40.8 Å². The lowest BCUT2D eigenvalue weighted by molar-refractivity contribution is 0.801. The Bertz CT molecular complexity index is 922. The van der Waals surface area contributed by atoms with Crippen molar-refractivity contribution in [3.8, 4) is 6.07 Å².